The van der Waals surface area contributed by atoms with E-state index in [1.165, 1.54) is 0 Å². The van der Waals surface area contributed by atoms with Crippen molar-refractivity contribution >= 4 is 0 Å². The zero-order valence-electron chi connectivity index (χ0n) is 11.5. The average Bonchev–Trinajstić information content (AvgIpc) is 2.52. The van der Waals surface area contributed by atoms with Gasteiger partial charge >= 0.3 is 0 Å². The second-order valence-electron chi connectivity index (χ2n) is 4.07. The van der Waals surface area contributed by atoms with Crippen LogP contribution in [0, 0.1) is 0 Å². The van der Waals surface area contributed by atoms with E-state index in [1.54, 1.807) is 32.5 Å². The minimum atomic E-state index is -0.114. The van der Waals surface area contributed by atoms with Crippen LogP contribution in [0.3, 0.4) is 0 Å². The molecule has 0 unspecified atom stereocenters. The van der Waals surface area contributed by atoms with Crippen LogP contribution in [0.1, 0.15) is 11.1 Å². The Kier molecular flexibility index (Phi) is 4.79. The zero-order chi connectivity index (χ0) is 14.4. The van der Waals surface area contributed by atoms with Gasteiger partial charge in [0.05, 0.1) is 26.4 Å². The molecule has 0 amide bonds. The van der Waals surface area contributed by atoms with Gasteiger partial charge in [0.15, 0.2) is 11.5 Å². The molecule has 0 atom stereocenters. The number of para-hydroxylation sites is 1. The quantitative estimate of drug-likeness (QED) is 0.875. The minimum Gasteiger partial charge on any atom is -0.493 e. The number of rotatable bonds is 6. The van der Waals surface area contributed by atoms with Crippen molar-refractivity contribution in [1.29, 1.82) is 0 Å². The predicted molar refractivity (Wildman–Crippen MR) is 74.0 cm³/mol. The largest absolute Gasteiger partial charge is 0.493 e. The fourth-order valence-electron chi connectivity index (χ4n) is 1.88. The number of pyridine rings is 1. The van der Waals surface area contributed by atoms with Crippen LogP contribution in [0.4, 0.5) is 0 Å². The Morgan fingerprint density at radius 3 is 2.55 bits per heavy atom. The summed E-state index contributed by atoms with van der Waals surface area (Å²) in [6.45, 7) is 0.168. The lowest BCUT2D eigenvalue weighted by atomic mass is 10.2. The summed E-state index contributed by atoms with van der Waals surface area (Å²) in [5.74, 6) is 1.63. The fraction of sp³-hybridized carbons (Fsp3) is 0.267. The van der Waals surface area contributed by atoms with Gasteiger partial charge in [0.1, 0.15) is 6.61 Å². The van der Waals surface area contributed by atoms with Crippen molar-refractivity contribution in [2.45, 2.75) is 13.2 Å². The molecule has 1 heterocycles. The first-order chi connectivity index (χ1) is 9.80. The van der Waals surface area contributed by atoms with Gasteiger partial charge in [-0.15, -0.1) is 0 Å². The molecule has 1 aromatic carbocycles. The molecule has 5 nitrogen and oxygen atoms in total. The smallest absolute Gasteiger partial charge is 0.219 e. The van der Waals surface area contributed by atoms with E-state index in [9.17, 15) is 5.11 Å². The molecule has 0 aliphatic carbocycles. The molecule has 2 rings (SSSR count). The maximum absolute atomic E-state index is 9.36. The summed E-state index contributed by atoms with van der Waals surface area (Å²) in [6.07, 6.45) is 1.66. The number of nitrogens with zero attached hydrogens (tertiary/aromatic N) is 1. The molecule has 0 bridgehead atoms. The Labute approximate surface area is 117 Å². The number of aliphatic hydroxyl groups excluding tert-OH is 1. The van der Waals surface area contributed by atoms with Gasteiger partial charge < -0.3 is 19.3 Å². The third-order valence-corrected chi connectivity index (χ3v) is 2.87. The summed E-state index contributed by atoms with van der Waals surface area (Å²) in [5, 5.41) is 9.36. The second-order valence-corrected chi connectivity index (χ2v) is 4.07. The fourth-order valence-corrected chi connectivity index (χ4v) is 1.88. The normalized spacial score (nSPS) is 10.2. The van der Waals surface area contributed by atoms with Crippen molar-refractivity contribution in [2.24, 2.45) is 0 Å². The summed E-state index contributed by atoms with van der Waals surface area (Å²) in [4.78, 5) is 4.11. The summed E-state index contributed by atoms with van der Waals surface area (Å²) < 4.78 is 16.2. The van der Waals surface area contributed by atoms with Crippen molar-refractivity contribution < 1.29 is 19.3 Å². The van der Waals surface area contributed by atoms with E-state index >= 15 is 0 Å². The highest BCUT2D eigenvalue weighted by atomic mass is 16.5. The molecule has 0 saturated heterocycles. The van der Waals surface area contributed by atoms with Crippen molar-refractivity contribution in [1.82, 2.24) is 4.98 Å². The summed E-state index contributed by atoms with van der Waals surface area (Å²) in [5.41, 5.74) is 1.50. The number of aromatic nitrogens is 1. The van der Waals surface area contributed by atoms with Gasteiger partial charge in [-0.25, -0.2) is 4.98 Å². The SMILES string of the molecule is COc1cccc(CO)c1OCc1cccnc1OC. The molecule has 1 aromatic heterocycles. The highest BCUT2D eigenvalue weighted by Gasteiger charge is 2.11. The highest BCUT2D eigenvalue weighted by molar-refractivity contribution is 5.46. The predicted octanol–water partition coefficient (Wildman–Crippen LogP) is 2.17. The van der Waals surface area contributed by atoms with Crippen LogP contribution in [0.15, 0.2) is 36.5 Å². The van der Waals surface area contributed by atoms with Crippen LogP contribution in [0.5, 0.6) is 17.4 Å². The molecule has 0 spiro atoms. The molecule has 0 aliphatic rings. The summed E-state index contributed by atoms with van der Waals surface area (Å²) in [7, 11) is 3.13. The van der Waals surface area contributed by atoms with Crippen LogP contribution < -0.4 is 14.2 Å². The Bertz CT molecular complexity index is 549. The summed E-state index contributed by atoms with van der Waals surface area (Å²) >= 11 is 0. The van der Waals surface area contributed by atoms with E-state index in [1.807, 2.05) is 18.2 Å². The molecule has 0 saturated carbocycles. The molecule has 0 fully saturated rings. The van der Waals surface area contributed by atoms with Crippen LogP contribution in [-0.4, -0.2) is 24.3 Å². The molecule has 2 aromatic rings. The van der Waals surface area contributed by atoms with Gasteiger partial charge in [-0.2, -0.15) is 0 Å². The maximum atomic E-state index is 9.36. The Morgan fingerprint density at radius 1 is 1.05 bits per heavy atom. The van der Waals surface area contributed by atoms with E-state index in [0.717, 1.165) is 5.56 Å². The van der Waals surface area contributed by atoms with Gasteiger partial charge in [-0.05, 0) is 18.2 Å². The van der Waals surface area contributed by atoms with Crippen molar-refractivity contribution in [2.75, 3.05) is 14.2 Å². The van der Waals surface area contributed by atoms with Gasteiger partial charge in [0.2, 0.25) is 5.88 Å². The second kappa shape index (κ2) is 6.77. The monoisotopic (exact) mass is 275 g/mol. The van der Waals surface area contributed by atoms with Gasteiger partial charge in [0, 0.05) is 11.8 Å². The van der Waals surface area contributed by atoms with Crippen molar-refractivity contribution in [3.05, 3.63) is 47.7 Å². The maximum Gasteiger partial charge on any atom is 0.219 e. The van der Waals surface area contributed by atoms with E-state index in [-0.39, 0.29) is 13.2 Å². The zero-order valence-corrected chi connectivity index (χ0v) is 11.5. The van der Waals surface area contributed by atoms with E-state index in [0.29, 0.717) is 22.9 Å². The van der Waals surface area contributed by atoms with Gasteiger partial charge in [0.25, 0.3) is 0 Å². The first-order valence-corrected chi connectivity index (χ1v) is 6.17. The molecule has 20 heavy (non-hydrogen) atoms. The van der Waals surface area contributed by atoms with Crippen LogP contribution >= 0.6 is 0 Å². The summed E-state index contributed by atoms with van der Waals surface area (Å²) in [6, 6.07) is 9.07. The minimum absolute atomic E-state index is 0.114. The third-order valence-electron chi connectivity index (χ3n) is 2.87. The first kappa shape index (κ1) is 14.1. The molecule has 5 heteroatoms. The van der Waals surface area contributed by atoms with E-state index in [4.69, 9.17) is 14.2 Å². The van der Waals surface area contributed by atoms with Crippen LogP contribution in [0.2, 0.25) is 0 Å². The van der Waals surface area contributed by atoms with E-state index in [2.05, 4.69) is 4.98 Å². The standard InChI is InChI=1S/C15H17NO4/c1-18-13-7-3-5-11(9-17)14(13)20-10-12-6-4-8-16-15(12)19-2/h3-8,17H,9-10H2,1-2H3. The number of hydrogen-bond donors (Lipinski definition) is 1. The topological polar surface area (TPSA) is 60.8 Å². The number of hydrogen-bond acceptors (Lipinski definition) is 5. The molecule has 0 aliphatic heterocycles. The third kappa shape index (κ3) is 3.00. The van der Waals surface area contributed by atoms with Crippen LogP contribution in [0.25, 0.3) is 0 Å². The Balaban J connectivity index is 2.22. The number of benzene rings is 1. The van der Waals surface area contributed by atoms with Crippen molar-refractivity contribution in [3.63, 3.8) is 0 Å². The first-order valence-electron chi connectivity index (χ1n) is 6.17. The lowest BCUT2D eigenvalue weighted by molar-refractivity contribution is 0.247. The number of ether oxygens (including phenoxy) is 3. The van der Waals surface area contributed by atoms with Crippen molar-refractivity contribution in [3.8, 4) is 17.4 Å². The molecule has 0 radical (unpaired) electrons. The Morgan fingerprint density at radius 2 is 1.85 bits per heavy atom. The molecular formula is C15H17NO4. The highest BCUT2D eigenvalue weighted by Crippen LogP contribution is 2.32. The van der Waals surface area contributed by atoms with Crippen LogP contribution in [-0.2, 0) is 13.2 Å². The van der Waals surface area contributed by atoms with E-state index < -0.39 is 0 Å². The molecular weight excluding hydrogens is 258 g/mol. The average molecular weight is 275 g/mol. The van der Waals surface area contributed by atoms with Gasteiger partial charge in [-0.1, -0.05) is 12.1 Å². The Hall–Kier alpha value is -2.27. The molecule has 1 N–H and O–H groups in total. The molecule has 106 valence electrons. The number of methoxy groups -OCH3 is 2. The van der Waals surface area contributed by atoms with Gasteiger partial charge in [-0.3, -0.25) is 0 Å². The lowest BCUT2D eigenvalue weighted by Crippen LogP contribution is -2.03. The lowest BCUT2D eigenvalue weighted by Gasteiger charge is -2.14. The number of aliphatic hydroxyl groups is 1.